The molecule has 0 bridgehead atoms. The van der Waals surface area contributed by atoms with Crippen LogP contribution in [0, 0.1) is 0 Å². The number of carbonyl (C=O) groups is 1. The largest absolute Gasteiger partial charge is 0.436 e. The van der Waals surface area contributed by atoms with Crippen LogP contribution in [-0.4, -0.2) is 36.7 Å². The molecule has 0 atom stereocenters. The van der Waals surface area contributed by atoms with Crippen LogP contribution in [0.15, 0.2) is 82.1 Å². The number of hydrogen-bond donors (Lipinski definition) is 1. The molecule has 34 heavy (non-hydrogen) atoms. The zero-order valence-corrected chi connectivity index (χ0v) is 20.0. The Bertz CT molecular complexity index is 1360. The van der Waals surface area contributed by atoms with Gasteiger partial charge in [0.05, 0.1) is 4.90 Å². The number of unbranched alkanes of at least 4 members (excludes halogenated alkanes) is 1. The van der Waals surface area contributed by atoms with E-state index in [4.69, 9.17) is 4.42 Å². The molecule has 8 heteroatoms. The van der Waals surface area contributed by atoms with Gasteiger partial charge in [-0.1, -0.05) is 38.5 Å². The van der Waals surface area contributed by atoms with Gasteiger partial charge in [-0.2, -0.15) is 4.31 Å². The Kier molecular flexibility index (Phi) is 7.09. The third-order valence-electron chi connectivity index (χ3n) is 5.53. The number of para-hydroxylation sites is 2. The molecule has 7 nitrogen and oxygen atoms in total. The number of amides is 1. The molecule has 4 aromatic rings. The lowest BCUT2D eigenvalue weighted by Gasteiger charge is -2.20. The number of carbonyl (C=O) groups excluding carboxylic acids is 1. The van der Waals surface area contributed by atoms with Crippen molar-refractivity contribution in [1.82, 2.24) is 9.29 Å². The molecule has 1 amide bonds. The summed E-state index contributed by atoms with van der Waals surface area (Å²) >= 11 is 0. The zero-order valence-electron chi connectivity index (χ0n) is 19.2. The maximum absolute atomic E-state index is 12.9. The molecule has 1 aromatic heterocycles. The fraction of sp³-hybridized carbons (Fsp3) is 0.231. The summed E-state index contributed by atoms with van der Waals surface area (Å²) in [6.45, 7) is 4.73. The number of nitrogens with one attached hydrogen (secondary N) is 1. The van der Waals surface area contributed by atoms with Gasteiger partial charge in [-0.05, 0) is 61.0 Å². The number of hydrogen-bond acceptors (Lipinski definition) is 5. The molecule has 1 N–H and O–H groups in total. The molecule has 1 heterocycles. The van der Waals surface area contributed by atoms with Crippen molar-refractivity contribution >= 4 is 32.7 Å². The lowest BCUT2D eigenvalue weighted by molar-refractivity contribution is 0.102. The fourth-order valence-electron chi connectivity index (χ4n) is 3.64. The van der Waals surface area contributed by atoms with Crippen molar-refractivity contribution in [3.63, 3.8) is 0 Å². The van der Waals surface area contributed by atoms with Crippen LogP contribution >= 0.6 is 0 Å². The van der Waals surface area contributed by atoms with E-state index < -0.39 is 10.0 Å². The average Bonchev–Trinajstić information content (AvgIpc) is 3.29. The Morgan fingerprint density at radius 1 is 1.00 bits per heavy atom. The quantitative estimate of drug-likeness (QED) is 0.341. The van der Waals surface area contributed by atoms with Gasteiger partial charge in [0.1, 0.15) is 5.52 Å². The Hall–Kier alpha value is -3.49. The van der Waals surface area contributed by atoms with Crippen molar-refractivity contribution in [3.8, 4) is 11.5 Å². The van der Waals surface area contributed by atoms with Gasteiger partial charge in [0.2, 0.25) is 15.9 Å². The van der Waals surface area contributed by atoms with Crippen molar-refractivity contribution in [2.75, 3.05) is 18.4 Å². The Labute approximate surface area is 199 Å². The highest BCUT2D eigenvalue weighted by Gasteiger charge is 2.22. The van der Waals surface area contributed by atoms with E-state index in [0.29, 0.717) is 35.8 Å². The van der Waals surface area contributed by atoms with E-state index in [-0.39, 0.29) is 10.8 Å². The molecule has 0 unspecified atom stereocenters. The number of anilines is 1. The van der Waals surface area contributed by atoms with Gasteiger partial charge < -0.3 is 9.73 Å². The van der Waals surface area contributed by atoms with Gasteiger partial charge in [0, 0.05) is 29.9 Å². The standard InChI is InChI=1S/C26H27N3O4S/c1-3-5-17-29(4-2)34(31,32)22-15-13-19(14-16-22)25(30)27-21-10-8-9-20(18-21)26-28-23-11-6-7-12-24(23)33-26/h6-16,18H,3-5,17H2,1-2H3,(H,27,30). The summed E-state index contributed by atoms with van der Waals surface area (Å²) in [6.07, 6.45) is 1.72. The summed E-state index contributed by atoms with van der Waals surface area (Å²) in [4.78, 5) is 17.5. The van der Waals surface area contributed by atoms with Gasteiger partial charge >= 0.3 is 0 Å². The van der Waals surface area contributed by atoms with Crippen LogP contribution in [0.3, 0.4) is 0 Å². The molecule has 0 fully saturated rings. The van der Waals surface area contributed by atoms with E-state index in [9.17, 15) is 13.2 Å². The number of nitrogens with zero attached hydrogens (tertiary/aromatic N) is 2. The molecule has 4 rings (SSSR count). The smallest absolute Gasteiger partial charge is 0.255 e. The van der Waals surface area contributed by atoms with Crippen LogP contribution in [0.25, 0.3) is 22.6 Å². The minimum absolute atomic E-state index is 0.181. The van der Waals surface area contributed by atoms with E-state index in [1.807, 2.05) is 50.2 Å². The van der Waals surface area contributed by atoms with E-state index in [1.165, 1.54) is 28.6 Å². The summed E-state index contributed by atoms with van der Waals surface area (Å²) < 4.78 is 33.1. The number of oxazole rings is 1. The first-order chi connectivity index (χ1) is 16.4. The molecular formula is C26H27N3O4S. The van der Waals surface area contributed by atoms with E-state index in [0.717, 1.165) is 23.9 Å². The summed E-state index contributed by atoms with van der Waals surface area (Å²) in [5.74, 6) is 0.132. The molecule has 3 aromatic carbocycles. The maximum atomic E-state index is 12.9. The van der Waals surface area contributed by atoms with Gasteiger partial charge in [-0.3, -0.25) is 4.79 Å². The summed E-state index contributed by atoms with van der Waals surface area (Å²) in [6, 6.07) is 20.8. The van der Waals surface area contributed by atoms with E-state index >= 15 is 0 Å². The molecule has 0 aliphatic heterocycles. The van der Waals surface area contributed by atoms with Gasteiger partial charge in [0.25, 0.3) is 5.91 Å². The van der Waals surface area contributed by atoms with Crippen molar-refractivity contribution in [3.05, 3.63) is 78.4 Å². The van der Waals surface area contributed by atoms with Crippen molar-refractivity contribution in [2.45, 2.75) is 31.6 Å². The van der Waals surface area contributed by atoms with Gasteiger partial charge in [-0.25, -0.2) is 13.4 Å². The minimum Gasteiger partial charge on any atom is -0.436 e. The van der Waals surface area contributed by atoms with Crippen molar-refractivity contribution in [1.29, 1.82) is 0 Å². The van der Waals surface area contributed by atoms with Crippen LogP contribution < -0.4 is 5.32 Å². The number of rotatable bonds is 9. The molecule has 176 valence electrons. The highest BCUT2D eigenvalue weighted by molar-refractivity contribution is 7.89. The second-order valence-electron chi connectivity index (χ2n) is 7.90. The van der Waals surface area contributed by atoms with Crippen LogP contribution in [0.1, 0.15) is 37.0 Å². The second-order valence-corrected chi connectivity index (χ2v) is 9.83. The third kappa shape index (κ3) is 5.03. The molecule has 0 saturated carbocycles. The van der Waals surface area contributed by atoms with E-state index in [2.05, 4.69) is 10.3 Å². The van der Waals surface area contributed by atoms with Crippen LogP contribution in [0.5, 0.6) is 0 Å². The van der Waals surface area contributed by atoms with Crippen LogP contribution in [0.4, 0.5) is 5.69 Å². The van der Waals surface area contributed by atoms with Gasteiger partial charge in [0.15, 0.2) is 5.58 Å². The first-order valence-corrected chi connectivity index (χ1v) is 12.7. The Morgan fingerprint density at radius 2 is 1.76 bits per heavy atom. The SMILES string of the molecule is CCCCN(CC)S(=O)(=O)c1ccc(C(=O)Nc2cccc(-c3nc4ccccc4o3)c2)cc1. The Morgan fingerprint density at radius 3 is 2.47 bits per heavy atom. The lowest BCUT2D eigenvalue weighted by Crippen LogP contribution is -2.31. The van der Waals surface area contributed by atoms with Crippen molar-refractivity contribution < 1.29 is 17.6 Å². The zero-order chi connectivity index (χ0) is 24.1. The summed E-state index contributed by atoms with van der Waals surface area (Å²) in [7, 11) is -3.59. The molecule has 0 radical (unpaired) electrons. The number of aromatic nitrogens is 1. The van der Waals surface area contributed by atoms with Crippen LogP contribution in [-0.2, 0) is 10.0 Å². The molecule has 0 saturated heterocycles. The second kappa shape index (κ2) is 10.2. The van der Waals surface area contributed by atoms with Crippen LogP contribution in [0.2, 0.25) is 0 Å². The maximum Gasteiger partial charge on any atom is 0.255 e. The first kappa shape index (κ1) is 23.7. The molecular weight excluding hydrogens is 450 g/mol. The fourth-order valence-corrected chi connectivity index (χ4v) is 5.13. The van der Waals surface area contributed by atoms with Crippen molar-refractivity contribution in [2.24, 2.45) is 0 Å². The third-order valence-corrected chi connectivity index (χ3v) is 7.52. The number of sulfonamides is 1. The number of fused-ring (bicyclic) bond motifs is 1. The molecule has 0 aliphatic carbocycles. The van der Waals surface area contributed by atoms with E-state index in [1.54, 1.807) is 12.1 Å². The predicted octanol–water partition coefficient (Wildman–Crippen LogP) is 5.56. The Balaban J connectivity index is 1.49. The number of benzene rings is 3. The summed E-state index contributed by atoms with van der Waals surface area (Å²) in [5.41, 5.74) is 3.14. The summed E-state index contributed by atoms with van der Waals surface area (Å²) in [5, 5.41) is 2.85. The topological polar surface area (TPSA) is 92.5 Å². The van der Waals surface area contributed by atoms with Gasteiger partial charge in [-0.15, -0.1) is 0 Å². The monoisotopic (exact) mass is 477 g/mol. The molecule has 0 spiro atoms. The highest BCUT2D eigenvalue weighted by atomic mass is 32.2. The predicted molar refractivity (Wildman–Crippen MR) is 133 cm³/mol. The molecule has 0 aliphatic rings. The average molecular weight is 478 g/mol. The lowest BCUT2D eigenvalue weighted by atomic mass is 10.1. The highest BCUT2D eigenvalue weighted by Crippen LogP contribution is 2.26. The normalized spacial score (nSPS) is 11.7. The minimum atomic E-state index is -3.59. The first-order valence-electron chi connectivity index (χ1n) is 11.3.